The Kier molecular flexibility index (Phi) is 6.21. The van der Waals surface area contributed by atoms with Crippen LogP contribution >= 0.6 is 0 Å². The first-order valence-corrected chi connectivity index (χ1v) is 15.7. The summed E-state index contributed by atoms with van der Waals surface area (Å²) in [5.74, 6) is 1.93. The summed E-state index contributed by atoms with van der Waals surface area (Å²) in [6, 6.07) is 20.3. The molecule has 3 aromatic rings. The van der Waals surface area contributed by atoms with E-state index in [2.05, 4.69) is 34.5 Å². The number of Topliss-reactive ketones (excluding diaryl/α,β-unsaturated/α-hetero) is 1. The Morgan fingerprint density at radius 1 is 1.05 bits per heavy atom. The van der Waals surface area contributed by atoms with E-state index in [9.17, 15) is 14.7 Å². The number of piperidine rings is 1. The van der Waals surface area contributed by atoms with Crippen molar-refractivity contribution in [1.29, 1.82) is 0 Å². The smallest absolute Gasteiger partial charge is 0.255 e. The molecule has 2 heterocycles. The van der Waals surface area contributed by atoms with Crippen molar-refractivity contribution < 1.29 is 24.2 Å². The molecule has 1 saturated heterocycles. The number of aliphatic hydroxyl groups is 1. The standard InChI is InChI=1S/C36H38N2O5/c1-42-27-11-8-25(9-12-27)24-6-4-22(5-7-24)15-18-37-34(40)28-13-10-26-20-30-36(41)16-14-29(39)33-35(36,31(26)32(28)43-33)17-19-38(30)21-23-2-3-23/h4-13,23,30,33,41H,2-3,14-21H2,1H3,(H,37,40)/t30-,33?,35+,36-/m1/s1. The van der Waals surface area contributed by atoms with Crippen LogP contribution in [0.1, 0.15) is 59.2 Å². The summed E-state index contributed by atoms with van der Waals surface area (Å²) in [4.78, 5) is 29.4. The number of likely N-dealkylation sites (tertiary alicyclic amines) is 1. The van der Waals surface area contributed by atoms with Gasteiger partial charge < -0.3 is 19.9 Å². The Hall–Kier alpha value is -3.68. The summed E-state index contributed by atoms with van der Waals surface area (Å²) in [5.41, 5.74) is 4.10. The van der Waals surface area contributed by atoms with E-state index in [1.807, 2.05) is 36.4 Å². The lowest BCUT2D eigenvalue weighted by Gasteiger charge is -2.62. The van der Waals surface area contributed by atoms with Gasteiger partial charge in [0.05, 0.1) is 23.7 Å². The van der Waals surface area contributed by atoms with Crippen molar-refractivity contribution in [2.45, 2.75) is 68.1 Å². The summed E-state index contributed by atoms with van der Waals surface area (Å²) in [5, 5.41) is 15.6. The minimum Gasteiger partial charge on any atom is -0.497 e. The van der Waals surface area contributed by atoms with Gasteiger partial charge in [0.1, 0.15) is 11.5 Å². The zero-order valence-electron chi connectivity index (χ0n) is 24.6. The predicted octanol–water partition coefficient (Wildman–Crippen LogP) is 4.47. The van der Waals surface area contributed by atoms with E-state index >= 15 is 0 Å². The molecule has 1 spiro atoms. The van der Waals surface area contributed by atoms with E-state index < -0.39 is 17.1 Å². The maximum absolute atomic E-state index is 13.6. The van der Waals surface area contributed by atoms with Crippen LogP contribution in [0.25, 0.3) is 11.1 Å². The van der Waals surface area contributed by atoms with E-state index in [0.29, 0.717) is 43.5 Å². The number of nitrogens with zero attached hydrogens (tertiary/aromatic N) is 1. The monoisotopic (exact) mass is 578 g/mol. The number of rotatable bonds is 8. The molecule has 2 saturated carbocycles. The average molecular weight is 579 g/mol. The van der Waals surface area contributed by atoms with Gasteiger partial charge in [-0.3, -0.25) is 14.5 Å². The Morgan fingerprint density at radius 2 is 1.79 bits per heavy atom. The Bertz CT molecular complexity index is 1600. The quantitative estimate of drug-likeness (QED) is 0.410. The molecule has 0 radical (unpaired) electrons. The first-order chi connectivity index (χ1) is 20.9. The van der Waals surface area contributed by atoms with Crippen LogP contribution in [-0.4, -0.2) is 66.2 Å². The van der Waals surface area contributed by atoms with Crippen LogP contribution in [-0.2, 0) is 23.1 Å². The van der Waals surface area contributed by atoms with Crippen molar-refractivity contribution in [2.75, 3.05) is 26.7 Å². The van der Waals surface area contributed by atoms with Gasteiger partial charge in [0.25, 0.3) is 5.91 Å². The Balaban J connectivity index is 1.01. The van der Waals surface area contributed by atoms with Crippen molar-refractivity contribution in [2.24, 2.45) is 5.92 Å². The average Bonchev–Trinajstić information content (AvgIpc) is 3.77. The van der Waals surface area contributed by atoms with Gasteiger partial charge in [-0.25, -0.2) is 0 Å². The van der Waals surface area contributed by atoms with Crippen molar-refractivity contribution in [1.82, 2.24) is 10.2 Å². The molecule has 1 amide bonds. The van der Waals surface area contributed by atoms with Crippen LogP contribution < -0.4 is 14.8 Å². The SMILES string of the molecule is COc1ccc(-c2ccc(CCNC(=O)c3ccc4c5c3OC3C(=O)CC[C@@]6(O)[C@@H](C4)N(CC4CC4)CC[C@]536)cc2)cc1. The lowest BCUT2D eigenvalue weighted by Crippen LogP contribution is -2.76. The van der Waals surface area contributed by atoms with Crippen molar-refractivity contribution >= 4 is 11.7 Å². The third kappa shape index (κ3) is 4.08. The number of carbonyl (C=O) groups is 2. The highest BCUT2D eigenvalue weighted by Gasteiger charge is 2.73. The molecule has 8 rings (SSSR count). The summed E-state index contributed by atoms with van der Waals surface area (Å²) >= 11 is 0. The highest BCUT2D eigenvalue weighted by atomic mass is 16.5. The number of ether oxygens (including phenoxy) is 2. The van der Waals surface area contributed by atoms with E-state index in [1.165, 1.54) is 12.8 Å². The molecule has 3 fully saturated rings. The largest absolute Gasteiger partial charge is 0.497 e. The molecule has 7 heteroatoms. The van der Waals surface area contributed by atoms with Crippen LogP contribution in [0.3, 0.4) is 0 Å². The van der Waals surface area contributed by atoms with Gasteiger partial charge in [0, 0.05) is 31.1 Å². The molecule has 2 aliphatic heterocycles. The van der Waals surface area contributed by atoms with Crippen LogP contribution in [0.15, 0.2) is 60.7 Å². The van der Waals surface area contributed by atoms with E-state index in [-0.39, 0.29) is 17.7 Å². The molecule has 4 atom stereocenters. The first kappa shape index (κ1) is 26.9. The van der Waals surface area contributed by atoms with Crippen molar-refractivity contribution in [3.8, 4) is 22.6 Å². The fourth-order valence-corrected chi connectivity index (χ4v) is 8.52. The molecule has 5 aliphatic rings. The van der Waals surface area contributed by atoms with Crippen molar-refractivity contribution in [3.63, 3.8) is 0 Å². The van der Waals surface area contributed by atoms with Crippen LogP contribution in [0, 0.1) is 5.92 Å². The second-order valence-corrected chi connectivity index (χ2v) is 13.2. The summed E-state index contributed by atoms with van der Waals surface area (Å²) in [6.45, 7) is 2.35. The highest BCUT2D eigenvalue weighted by molar-refractivity contribution is 5.99. The molecule has 43 heavy (non-hydrogen) atoms. The molecule has 3 aliphatic carbocycles. The number of carbonyl (C=O) groups excluding carboxylic acids is 2. The molecule has 7 nitrogen and oxygen atoms in total. The highest BCUT2D eigenvalue weighted by Crippen LogP contribution is 2.64. The Labute approximate surface area is 252 Å². The maximum atomic E-state index is 13.6. The number of benzene rings is 3. The molecule has 1 unspecified atom stereocenters. The summed E-state index contributed by atoms with van der Waals surface area (Å²) in [6.07, 6.45) is 4.70. The second kappa shape index (κ2) is 9.93. The molecular formula is C36H38N2O5. The van der Waals surface area contributed by atoms with E-state index in [4.69, 9.17) is 9.47 Å². The van der Waals surface area contributed by atoms with Crippen molar-refractivity contribution in [3.05, 3.63) is 82.9 Å². The maximum Gasteiger partial charge on any atom is 0.255 e. The predicted molar refractivity (Wildman–Crippen MR) is 163 cm³/mol. The first-order valence-electron chi connectivity index (χ1n) is 15.7. The number of hydrogen-bond donors (Lipinski definition) is 2. The van der Waals surface area contributed by atoms with Gasteiger partial charge in [-0.1, -0.05) is 42.5 Å². The zero-order valence-corrected chi connectivity index (χ0v) is 24.6. The third-order valence-electron chi connectivity index (χ3n) is 10.9. The number of hydrogen-bond acceptors (Lipinski definition) is 6. The third-order valence-corrected chi connectivity index (χ3v) is 10.9. The van der Waals surface area contributed by atoms with E-state index in [1.54, 1.807) is 7.11 Å². The zero-order chi connectivity index (χ0) is 29.3. The minimum atomic E-state index is -1.02. The van der Waals surface area contributed by atoms with Gasteiger partial charge in [0.2, 0.25) is 0 Å². The van der Waals surface area contributed by atoms with Gasteiger partial charge in [-0.05, 0) is 91.4 Å². The van der Waals surface area contributed by atoms with Gasteiger partial charge >= 0.3 is 0 Å². The molecule has 222 valence electrons. The minimum absolute atomic E-state index is 0.0183. The van der Waals surface area contributed by atoms with Crippen LogP contribution in [0.5, 0.6) is 11.5 Å². The second-order valence-electron chi connectivity index (χ2n) is 13.2. The Morgan fingerprint density at radius 3 is 2.51 bits per heavy atom. The molecule has 2 N–H and O–H groups in total. The normalized spacial score (nSPS) is 28.7. The lowest BCUT2D eigenvalue weighted by molar-refractivity contribution is -0.188. The molecule has 3 aromatic carbocycles. The molecule has 2 bridgehead atoms. The molecular weight excluding hydrogens is 540 g/mol. The summed E-state index contributed by atoms with van der Waals surface area (Å²) in [7, 11) is 1.66. The fraction of sp³-hybridized carbons (Fsp3) is 0.444. The van der Waals surface area contributed by atoms with Gasteiger partial charge in [0.15, 0.2) is 11.9 Å². The van der Waals surface area contributed by atoms with Crippen LogP contribution in [0.4, 0.5) is 0 Å². The number of methoxy groups -OCH3 is 1. The fourth-order valence-electron chi connectivity index (χ4n) is 8.52. The van der Waals surface area contributed by atoms with Crippen LogP contribution in [0.2, 0.25) is 0 Å². The number of amides is 1. The topological polar surface area (TPSA) is 88.1 Å². The van der Waals surface area contributed by atoms with Gasteiger partial charge in [-0.15, -0.1) is 0 Å². The number of ketones is 1. The van der Waals surface area contributed by atoms with E-state index in [0.717, 1.165) is 59.0 Å². The summed E-state index contributed by atoms with van der Waals surface area (Å²) < 4.78 is 11.7. The molecule has 0 aromatic heterocycles. The lowest BCUT2D eigenvalue weighted by atomic mass is 9.49. The number of nitrogens with one attached hydrogen (secondary N) is 1. The van der Waals surface area contributed by atoms with Gasteiger partial charge in [-0.2, -0.15) is 0 Å².